The molecule has 0 bridgehead atoms. The molecule has 0 fully saturated rings. The lowest BCUT2D eigenvalue weighted by Gasteiger charge is -2.22. The molecule has 1 aromatic rings. The van der Waals surface area contributed by atoms with E-state index >= 15 is 0 Å². The van der Waals surface area contributed by atoms with E-state index in [9.17, 15) is 14.4 Å². The smallest absolute Gasteiger partial charge is 0.321 e. The third-order valence-electron chi connectivity index (χ3n) is 3.11. The number of aliphatic carboxylic acids is 1. The van der Waals surface area contributed by atoms with Crippen LogP contribution in [-0.4, -0.2) is 34.5 Å². The van der Waals surface area contributed by atoms with Crippen molar-refractivity contribution in [2.24, 2.45) is 11.7 Å². The molecule has 0 aliphatic rings. The summed E-state index contributed by atoms with van der Waals surface area (Å²) in [5.41, 5.74) is 5.88. The number of benzene rings is 1. The van der Waals surface area contributed by atoms with Gasteiger partial charge in [-0.15, -0.1) is 0 Å². The summed E-state index contributed by atoms with van der Waals surface area (Å²) < 4.78 is 5.05. The first-order valence-electron chi connectivity index (χ1n) is 7.38. The van der Waals surface area contributed by atoms with E-state index in [0.717, 1.165) is 5.56 Å². The standard InChI is InChI=1S/C17H23NO5/c1-17(2,3)23-16(22)12(15(20)21)10-14(19)13(18)9-11-7-5-4-6-8-11/h4-8,12-13H,9-10,18H2,1-3H3,(H,20,21). The van der Waals surface area contributed by atoms with Gasteiger partial charge in [-0.1, -0.05) is 30.3 Å². The van der Waals surface area contributed by atoms with Crippen LogP contribution in [0.25, 0.3) is 0 Å². The molecule has 23 heavy (non-hydrogen) atoms. The second kappa shape index (κ2) is 7.87. The molecule has 1 aromatic carbocycles. The minimum Gasteiger partial charge on any atom is -0.481 e. The molecule has 0 amide bonds. The van der Waals surface area contributed by atoms with Gasteiger partial charge >= 0.3 is 11.9 Å². The predicted octanol–water partition coefficient (Wildman–Crippen LogP) is 1.56. The Labute approximate surface area is 135 Å². The summed E-state index contributed by atoms with van der Waals surface area (Å²) in [5.74, 6) is -4.33. The zero-order chi connectivity index (χ0) is 17.6. The van der Waals surface area contributed by atoms with E-state index in [1.165, 1.54) is 0 Å². The monoisotopic (exact) mass is 321 g/mol. The van der Waals surface area contributed by atoms with E-state index in [1.54, 1.807) is 20.8 Å². The van der Waals surface area contributed by atoms with Crippen molar-refractivity contribution in [1.82, 2.24) is 0 Å². The Kier molecular flexibility index (Phi) is 6.45. The van der Waals surface area contributed by atoms with Gasteiger partial charge in [0.2, 0.25) is 0 Å². The van der Waals surface area contributed by atoms with Crippen molar-refractivity contribution in [3.63, 3.8) is 0 Å². The maximum atomic E-state index is 12.1. The van der Waals surface area contributed by atoms with E-state index in [-0.39, 0.29) is 0 Å². The number of nitrogens with two attached hydrogens (primary N) is 1. The first kappa shape index (κ1) is 18.8. The van der Waals surface area contributed by atoms with Crippen molar-refractivity contribution < 1.29 is 24.2 Å². The van der Waals surface area contributed by atoms with Crippen LogP contribution in [0.4, 0.5) is 0 Å². The Morgan fingerprint density at radius 2 is 1.74 bits per heavy atom. The number of ketones is 1. The Hall–Kier alpha value is -2.21. The number of hydrogen-bond donors (Lipinski definition) is 2. The quantitative estimate of drug-likeness (QED) is 0.583. The van der Waals surface area contributed by atoms with Gasteiger partial charge in [-0.25, -0.2) is 0 Å². The lowest BCUT2D eigenvalue weighted by atomic mass is 9.95. The van der Waals surface area contributed by atoms with Crippen molar-refractivity contribution in [2.75, 3.05) is 0 Å². The third kappa shape index (κ3) is 6.61. The van der Waals surface area contributed by atoms with Crippen LogP contribution in [0.3, 0.4) is 0 Å². The number of carbonyl (C=O) groups is 3. The van der Waals surface area contributed by atoms with Crippen molar-refractivity contribution >= 4 is 17.7 Å². The van der Waals surface area contributed by atoms with Crippen LogP contribution in [0.5, 0.6) is 0 Å². The number of Topliss-reactive ketones (excluding diaryl/α,β-unsaturated/α-hetero) is 1. The van der Waals surface area contributed by atoms with Crippen LogP contribution in [0.1, 0.15) is 32.8 Å². The molecule has 6 heteroatoms. The summed E-state index contributed by atoms with van der Waals surface area (Å²) in [6.45, 7) is 4.90. The number of hydrogen-bond acceptors (Lipinski definition) is 5. The molecule has 0 aromatic heterocycles. The molecule has 0 saturated heterocycles. The summed E-state index contributed by atoms with van der Waals surface area (Å²) in [7, 11) is 0. The molecule has 0 saturated carbocycles. The van der Waals surface area contributed by atoms with E-state index in [4.69, 9.17) is 15.6 Å². The predicted molar refractivity (Wildman–Crippen MR) is 84.7 cm³/mol. The fraction of sp³-hybridized carbons (Fsp3) is 0.471. The maximum Gasteiger partial charge on any atom is 0.321 e. The van der Waals surface area contributed by atoms with Gasteiger partial charge in [0.1, 0.15) is 5.60 Å². The van der Waals surface area contributed by atoms with Gasteiger partial charge in [0, 0.05) is 6.42 Å². The largest absolute Gasteiger partial charge is 0.481 e. The molecule has 6 nitrogen and oxygen atoms in total. The topological polar surface area (TPSA) is 107 Å². The van der Waals surface area contributed by atoms with Crippen LogP contribution in [-0.2, 0) is 25.5 Å². The van der Waals surface area contributed by atoms with Gasteiger partial charge in [0.05, 0.1) is 6.04 Å². The molecule has 126 valence electrons. The molecule has 0 heterocycles. The highest BCUT2D eigenvalue weighted by Crippen LogP contribution is 2.16. The second-order valence-electron chi connectivity index (χ2n) is 6.39. The Morgan fingerprint density at radius 1 is 1.17 bits per heavy atom. The van der Waals surface area contributed by atoms with E-state index in [1.807, 2.05) is 30.3 Å². The van der Waals surface area contributed by atoms with Gasteiger partial charge in [-0.3, -0.25) is 14.4 Å². The van der Waals surface area contributed by atoms with Crippen LogP contribution in [0, 0.1) is 5.92 Å². The molecule has 0 radical (unpaired) electrons. The van der Waals surface area contributed by atoms with Gasteiger partial charge in [0.25, 0.3) is 0 Å². The first-order chi connectivity index (χ1) is 10.6. The normalized spacial score (nSPS) is 13.9. The fourth-order valence-electron chi connectivity index (χ4n) is 1.98. The molecule has 3 N–H and O–H groups in total. The van der Waals surface area contributed by atoms with E-state index < -0.39 is 41.7 Å². The number of rotatable bonds is 7. The Bertz CT molecular complexity index is 562. The molecular formula is C17H23NO5. The first-order valence-corrected chi connectivity index (χ1v) is 7.38. The highest BCUT2D eigenvalue weighted by Gasteiger charge is 2.34. The fourth-order valence-corrected chi connectivity index (χ4v) is 1.98. The third-order valence-corrected chi connectivity index (χ3v) is 3.11. The summed E-state index contributed by atoms with van der Waals surface area (Å²) in [4.78, 5) is 35.3. The van der Waals surface area contributed by atoms with Gasteiger partial charge in [0.15, 0.2) is 11.7 Å². The van der Waals surface area contributed by atoms with Gasteiger partial charge < -0.3 is 15.6 Å². The summed E-state index contributed by atoms with van der Waals surface area (Å²) in [5, 5.41) is 9.17. The minimum atomic E-state index is -1.54. The molecule has 2 atom stereocenters. The highest BCUT2D eigenvalue weighted by atomic mass is 16.6. The van der Waals surface area contributed by atoms with Crippen molar-refractivity contribution in [3.8, 4) is 0 Å². The van der Waals surface area contributed by atoms with Crippen molar-refractivity contribution in [1.29, 1.82) is 0 Å². The summed E-state index contributed by atoms with van der Waals surface area (Å²) >= 11 is 0. The zero-order valence-electron chi connectivity index (χ0n) is 13.6. The van der Waals surface area contributed by atoms with Crippen LogP contribution in [0.15, 0.2) is 30.3 Å². The van der Waals surface area contributed by atoms with E-state index in [2.05, 4.69) is 0 Å². The number of carboxylic acid groups (broad SMARTS) is 1. The van der Waals surface area contributed by atoms with Crippen LogP contribution < -0.4 is 5.73 Å². The molecule has 2 unspecified atom stereocenters. The molecule has 1 rings (SSSR count). The van der Waals surface area contributed by atoms with Crippen molar-refractivity contribution in [3.05, 3.63) is 35.9 Å². The number of esters is 1. The molecule has 0 aliphatic heterocycles. The number of carboxylic acids is 1. The SMILES string of the molecule is CC(C)(C)OC(=O)C(CC(=O)C(N)Cc1ccccc1)C(=O)O. The van der Waals surface area contributed by atoms with Crippen molar-refractivity contribution in [2.45, 2.75) is 45.3 Å². The molecule has 0 aliphatic carbocycles. The van der Waals surface area contributed by atoms with Crippen LogP contribution in [0.2, 0.25) is 0 Å². The highest BCUT2D eigenvalue weighted by molar-refractivity contribution is 5.99. The number of carbonyl (C=O) groups excluding carboxylic acids is 2. The average Bonchev–Trinajstić information content (AvgIpc) is 2.43. The van der Waals surface area contributed by atoms with Gasteiger partial charge in [-0.05, 0) is 32.8 Å². The summed E-state index contributed by atoms with van der Waals surface area (Å²) in [6, 6.07) is 8.30. The Balaban J connectivity index is 2.70. The van der Waals surface area contributed by atoms with Gasteiger partial charge in [-0.2, -0.15) is 0 Å². The van der Waals surface area contributed by atoms with Crippen LogP contribution >= 0.6 is 0 Å². The molecule has 0 spiro atoms. The second-order valence-corrected chi connectivity index (χ2v) is 6.39. The summed E-state index contributed by atoms with van der Waals surface area (Å²) in [6.07, 6.45) is -0.182. The number of ether oxygens (including phenoxy) is 1. The Morgan fingerprint density at radius 3 is 2.22 bits per heavy atom. The lowest BCUT2D eigenvalue weighted by molar-refractivity contribution is -0.168. The van der Waals surface area contributed by atoms with E-state index in [0.29, 0.717) is 6.42 Å². The minimum absolute atomic E-state index is 0.292. The zero-order valence-corrected chi connectivity index (χ0v) is 13.6. The lowest BCUT2D eigenvalue weighted by Crippen LogP contribution is -2.39. The average molecular weight is 321 g/mol. The maximum absolute atomic E-state index is 12.1. The molecular weight excluding hydrogens is 298 g/mol.